The van der Waals surface area contributed by atoms with Crippen molar-refractivity contribution in [2.45, 2.75) is 6.61 Å². The summed E-state index contributed by atoms with van der Waals surface area (Å²) in [6, 6.07) is 17.1. The summed E-state index contributed by atoms with van der Waals surface area (Å²) in [5, 5.41) is 16.0. The molecule has 9 nitrogen and oxygen atoms in total. The van der Waals surface area contributed by atoms with Crippen LogP contribution in [0.4, 0.5) is 5.69 Å². The van der Waals surface area contributed by atoms with Crippen LogP contribution in [0.15, 0.2) is 71.4 Å². The topological polar surface area (TPSA) is 109 Å². The lowest BCUT2D eigenvalue weighted by Crippen LogP contribution is -1.94. The standard InChI is InChI=1S/C20H13N5O4/c26-25(27)13-5-7-14(8-6-13)28-11-15-9-10-18(29-15)19-22-20-16-3-1-2-4-17(16)21-12-24(20)23-19/h1-10,12H,11H2. The molecule has 0 bridgehead atoms. The smallest absolute Gasteiger partial charge is 0.269 e. The summed E-state index contributed by atoms with van der Waals surface area (Å²) >= 11 is 0. The molecule has 3 heterocycles. The highest BCUT2D eigenvalue weighted by atomic mass is 16.6. The Morgan fingerprint density at radius 1 is 1.07 bits per heavy atom. The van der Waals surface area contributed by atoms with Gasteiger partial charge in [0.25, 0.3) is 5.69 Å². The highest BCUT2D eigenvalue weighted by molar-refractivity contribution is 5.91. The number of hydrogen-bond acceptors (Lipinski definition) is 7. The van der Waals surface area contributed by atoms with Crippen molar-refractivity contribution >= 4 is 22.2 Å². The number of fused-ring (bicyclic) bond motifs is 3. The largest absolute Gasteiger partial charge is 0.486 e. The maximum absolute atomic E-state index is 10.7. The van der Waals surface area contributed by atoms with E-state index >= 15 is 0 Å². The lowest BCUT2D eigenvalue weighted by Gasteiger charge is -2.03. The molecule has 0 aliphatic rings. The Balaban J connectivity index is 1.37. The first-order chi connectivity index (χ1) is 14.2. The molecule has 0 spiro atoms. The van der Waals surface area contributed by atoms with Gasteiger partial charge in [-0.1, -0.05) is 12.1 Å². The Kier molecular flexibility index (Phi) is 3.91. The minimum atomic E-state index is -0.455. The molecule has 29 heavy (non-hydrogen) atoms. The van der Waals surface area contributed by atoms with Gasteiger partial charge in [-0.3, -0.25) is 10.1 Å². The van der Waals surface area contributed by atoms with Gasteiger partial charge in [0.1, 0.15) is 24.4 Å². The number of rotatable bonds is 5. The summed E-state index contributed by atoms with van der Waals surface area (Å²) in [7, 11) is 0. The van der Waals surface area contributed by atoms with Crippen LogP contribution in [-0.2, 0) is 6.61 Å². The molecule has 9 heteroatoms. The van der Waals surface area contributed by atoms with Gasteiger partial charge in [-0.25, -0.2) is 14.5 Å². The Morgan fingerprint density at radius 3 is 2.72 bits per heavy atom. The maximum atomic E-state index is 10.7. The third-order valence-corrected chi connectivity index (χ3v) is 4.39. The van der Waals surface area contributed by atoms with Gasteiger partial charge >= 0.3 is 0 Å². The zero-order valence-corrected chi connectivity index (χ0v) is 14.9. The van der Waals surface area contributed by atoms with Gasteiger partial charge < -0.3 is 9.15 Å². The third kappa shape index (κ3) is 3.14. The minimum absolute atomic E-state index is 0.0116. The lowest BCUT2D eigenvalue weighted by atomic mass is 10.2. The van der Waals surface area contributed by atoms with Crippen molar-refractivity contribution in [3.63, 3.8) is 0 Å². The normalized spacial score (nSPS) is 11.2. The van der Waals surface area contributed by atoms with E-state index in [4.69, 9.17) is 9.15 Å². The summed E-state index contributed by atoms with van der Waals surface area (Å²) in [5.41, 5.74) is 1.55. The Labute approximate surface area is 163 Å². The second-order valence-corrected chi connectivity index (χ2v) is 6.27. The number of non-ortho nitro benzene ring substituents is 1. The molecule has 0 N–H and O–H groups in total. The van der Waals surface area contributed by atoms with E-state index in [0.29, 0.717) is 28.7 Å². The first-order valence-electron chi connectivity index (χ1n) is 8.74. The molecule has 0 aliphatic carbocycles. The van der Waals surface area contributed by atoms with Gasteiger partial charge in [-0.05, 0) is 36.4 Å². The molecule has 2 aromatic carbocycles. The Bertz CT molecular complexity index is 1340. The fourth-order valence-corrected chi connectivity index (χ4v) is 2.98. The molecule has 142 valence electrons. The number of hydrogen-bond donors (Lipinski definition) is 0. The van der Waals surface area contributed by atoms with Crippen LogP contribution in [0.3, 0.4) is 0 Å². The van der Waals surface area contributed by atoms with E-state index in [1.807, 2.05) is 24.3 Å². The number of furan rings is 1. The van der Waals surface area contributed by atoms with Gasteiger partial charge in [0.2, 0.25) is 5.82 Å². The predicted molar refractivity (Wildman–Crippen MR) is 103 cm³/mol. The Hall–Kier alpha value is -4.27. The van der Waals surface area contributed by atoms with E-state index in [1.165, 1.54) is 12.1 Å². The molecule has 0 aliphatic heterocycles. The summed E-state index contributed by atoms with van der Waals surface area (Å²) in [6.07, 6.45) is 1.62. The van der Waals surface area contributed by atoms with Crippen molar-refractivity contribution in [3.05, 3.63) is 82.9 Å². The number of nitro groups is 1. The van der Waals surface area contributed by atoms with E-state index < -0.39 is 4.92 Å². The van der Waals surface area contributed by atoms with E-state index in [0.717, 1.165) is 10.9 Å². The second kappa shape index (κ2) is 6.71. The molecular weight excluding hydrogens is 374 g/mol. The number of nitro benzene ring substituents is 1. The van der Waals surface area contributed by atoms with Crippen LogP contribution in [-0.4, -0.2) is 24.5 Å². The second-order valence-electron chi connectivity index (χ2n) is 6.27. The zero-order valence-electron chi connectivity index (χ0n) is 14.9. The van der Waals surface area contributed by atoms with E-state index in [-0.39, 0.29) is 12.3 Å². The molecule has 0 radical (unpaired) electrons. The van der Waals surface area contributed by atoms with Crippen LogP contribution in [0, 0.1) is 10.1 Å². The zero-order chi connectivity index (χ0) is 19.8. The maximum Gasteiger partial charge on any atom is 0.269 e. The monoisotopic (exact) mass is 387 g/mol. The van der Waals surface area contributed by atoms with Crippen LogP contribution < -0.4 is 4.74 Å². The van der Waals surface area contributed by atoms with Crippen LogP contribution in [0.5, 0.6) is 5.75 Å². The van der Waals surface area contributed by atoms with Gasteiger partial charge in [0.05, 0.1) is 10.4 Å². The molecule has 3 aromatic heterocycles. The van der Waals surface area contributed by atoms with Crippen molar-refractivity contribution in [2.24, 2.45) is 0 Å². The van der Waals surface area contributed by atoms with Crippen molar-refractivity contribution in [1.82, 2.24) is 19.6 Å². The predicted octanol–water partition coefficient (Wildman–Crippen LogP) is 4.02. The number of benzene rings is 2. The van der Waals surface area contributed by atoms with Gasteiger partial charge in [0, 0.05) is 17.5 Å². The molecule has 0 amide bonds. The molecule has 0 saturated carbocycles. The van der Waals surface area contributed by atoms with Crippen molar-refractivity contribution in [1.29, 1.82) is 0 Å². The average molecular weight is 387 g/mol. The molecule has 0 atom stereocenters. The average Bonchev–Trinajstić information content (AvgIpc) is 3.39. The van der Waals surface area contributed by atoms with Gasteiger partial charge in [0.15, 0.2) is 11.4 Å². The molecule has 5 rings (SSSR count). The first kappa shape index (κ1) is 16.9. The van der Waals surface area contributed by atoms with Crippen molar-refractivity contribution in [3.8, 4) is 17.3 Å². The molecule has 5 aromatic rings. The van der Waals surface area contributed by atoms with E-state index in [1.54, 1.807) is 35.1 Å². The van der Waals surface area contributed by atoms with Crippen LogP contribution >= 0.6 is 0 Å². The van der Waals surface area contributed by atoms with Gasteiger partial charge in [-0.15, -0.1) is 5.10 Å². The highest BCUT2D eigenvalue weighted by Crippen LogP contribution is 2.24. The van der Waals surface area contributed by atoms with Crippen molar-refractivity contribution in [2.75, 3.05) is 0 Å². The molecule has 0 fully saturated rings. The minimum Gasteiger partial charge on any atom is -0.486 e. The summed E-state index contributed by atoms with van der Waals surface area (Å²) < 4.78 is 13.0. The fraction of sp³-hybridized carbons (Fsp3) is 0.0500. The summed E-state index contributed by atoms with van der Waals surface area (Å²) in [5.74, 6) is 2.06. The summed E-state index contributed by atoms with van der Waals surface area (Å²) in [6.45, 7) is 0.176. The quantitative estimate of drug-likeness (QED) is 0.331. The number of nitrogens with zero attached hydrogens (tertiary/aromatic N) is 5. The number of aromatic nitrogens is 4. The molecular formula is C20H13N5O4. The Morgan fingerprint density at radius 2 is 1.90 bits per heavy atom. The summed E-state index contributed by atoms with van der Waals surface area (Å²) in [4.78, 5) is 19.2. The third-order valence-electron chi connectivity index (χ3n) is 4.39. The highest BCUT2D eigenvalue weighted by Gasteiger charge is 2.14. The number of ether oxygens (including phenoxy) is 1. The molecule has 0 saturated heterocycles. The van der Waals surface area contributed by atoms with E-state index in [9.17, 15) is 10.1 Å². The number of para-hydroxylation sites is 1. The van der Waals surface area contributed by atoms with Crippen LogP contribution in [0.25, 0.3) is 28.1 Å². The van der Waals surface area contributed by atoms with Crippen molar-refractivity contribution < 1.29 is 14.1 Å². The SMILES string of the molecule is O=[N+]([O-])c1ccc(OCc2ccc(-c3nc4c5ccccc5ncn4n3)o2)cc1. The lowest BCUT2D eigenvalue weighted by molar-refractivity contribution is -0.384. The van der Waals surface area contributed by atoms with Crippen LogP contribution in [0.2, 0.25) is 0 Å². The fourth-order valence-electron chi connectivity index (χ4n) is 2.98. The van der Waals surface area contributed by atoms with Crippen LogP contribution in [0.1, 0.15) is 5.76 Å². The molecule has 0 unspecified atom stereocenters. The van der Waals surface area contributed by atoms with E-state index in [2.05, 4.69) is 15.1 Å². The first-order valence-corrected chi connectivity index (χ1v) is 8.74. The van der Waals surface area contributed by atoms with Gasteiger partial charge in [-0.2, -0.15) is 0 Å².